The topological polar surface area (TPSA) is 60.3 Å². The molecule has 4 heteroatoms. The summed E-state index contributed by atoms with van der Waals surface area (Å²) in [5.74, 6) is 1.98. The third-order valence-corrected chi connectivity index (χ3v) is 4.29. The average molecular weight is 310 g/mol. The van der Waals surface area contributed by atoms with Gasteiger partial charge in [0.05, 0.1) is 14.2 Å². The van der Waals surface area contributed by atoms with Gasteiger partial charge in [0.15, 0.2) is 0 Å². The van der Waals surface area contributed by atoms with Crippen LogP contribution in [0.15, 0.2) is 48.7 Å². The normalized spacial score (nSPS) is 12.3. The van der Waals surface area contributed by atoms with Crippen molar-refractivity contribution in [2.75, 3.05) is 20.8 Å². The zero-order valence-corrected chi connectivity index (χ0v) is 13.5. The van der Waals surface area contributed by atoms with Crippen molar-refractivity contribution >= 4 is 10.9 Å². The number of H-pyrrole nitrogens is 1. The molecule has 0 fully saturated rings. The quantitative estimate of drug-likeness (QED) is 0.733. The number of nitrogens with one attached hydrogen (secondary N) is 1. The van der Waals surface area contributed by atoms with Crippen molar-refractivity contribution in [3.05, 3.63) is 59.8 Å². The molecule has 4 nitrogen and oxygen atoms in total. The van der Waals surface area contributed by atoms with E-state index in [0.29, 0.717) is 6.54 Å². The van der Waals surface area contributed by atoms with E-state index in [2.05, 4.69) is 29.4 Å². The van der Waals surface area contributed by atoms with Crippen LogP contribution in [0.3, 0.4) is 0 Å². The van der Waals surface area contributed by atoms with Gasteiger partial charge in [0.1, 0.15) is 11.5 Å². The van der Waals surface area contributed by atoms with Crippen LogP contribution in [0.25, 0.3) is 10.9 Å². The number of nitrogens with two attached hydrogens (primary N) is 1. The van der Waals surface area contributed by atoms with Crippen molar-refractivity contribution in [1.29, 1.82) is 0 Å². The number of hydrogen-bond acceptors (Lipinski definition) is 3. The summed E-state index contributed by atoms with van der Waals surface area (Å²) in [6.45, 7) is 0.593. The highest BCUT2D eigenvalue weighted by Crippen LogP contribution is 2.30. The van der Waals surface area contributed by atoms with E-state index in [4.69, 9.17) is 15.2 Å². The number of ether oxygens (including phenoxy) is 2. The smallest absolute Gasteiger partial charge is 0.119 e. The Labute approximate surface area is 136 Å². The lowest BCUT2D eigenvalue weighted by Crippen LogP contribution is -2.14. The number of fused-ring (bicyclic) bond motifs is 1. The van der Waals surface area contributed by atoms with Crippen LogP contribution in [0.2, 0.25) is 0 Å². The Morgan fingerprint density at radius 1 is 1.00 bits per heavy atom. The summed E-state index contributed by atoms with van der Waals surface area (Å²) in [7, 11) is 3.36. The van der Waals surface area contributed by atoms with Crippen molar-refractivity contribution in [2.24, 2.45) is 5.73 Å². The Hall–Kier alpha value is -2.46. The van der Waals surface area contributed by atoms with Gasteiger partial charge in [0.2, 0.25) is 0 Å². The van der Waals surface area contributed by atoms with Gasteiger partial charge >= 0.3 is 0 Å². The van der Waals surface area contributed by atoms with Crippen LogP contribution < -0.4 is 15.2 Å². The van der Waals surface area contributed by atoms with Crippen molar-refractivity contribution in [3.8, 4) is 11.5 Å². The van der Waals surface area contributed by atoms with Gasteiger partial charge < -0.3 is 20.2 Å². The van der Waals surface area contributed by atoms with Gasteiger partial charge in [-0.3, -0.25) is 0 Å². The van der Waals surface area contributed by atoms with Crippen LogP contribution in [0.1, 0.15) is 17.0 Å². The molecule has 2 aromatic carbocycles. The van der Waals surface area contributed by atoms with Crippen LogP contribution in [0, 0.1) is 0 Å². The molecule has 3 aromatic rings. The number of aromatic nitrogens is 1. The molecule has 0 aliphatic heterocycles. The Morgan fingerprint density at radius 3 is 2.35 bits per heavy atom. The third kappa shape index (κ3) is 3.17. The lowest BCUT2D eigenvalue weighted by Gasteiger charge is -2.15. The summed E-state index contributed by atoms with van der Waals surface area (Å²) < 4.78 is 10.6. The van der Waals surface area contributed by atoms with Crippen LogP contribution in [-0.4, -0.2) is 25.7 Å². The highest BCUT2D eigenvalue weighted by atomic mass is 16.5. The largest absolute Gasteiger partial charge is 0.497 e. The van der Waals surface area contributed by atoms with Crippen LogP contribution in [0.5, 0.6) is 11.5 Å². The average Bonchev–Trinajstić information content (AvgIpc) is 3.03. The zero-order valence-electron chi connectivity index (χ0n) is 13.5. The van der Waals surface area contributed by atoms with Crippen molar-refractivity contribution in [1.82, 2.24) is 4.98 Å². The van der Waals surface area contributed by atoms with Crippen molar-refractivity contribution in [3.63, 3.8) is 0 Å². The number of methoxy groups -OCH3 is 2. The first-order valence-corrected chi connectivity index (χ1v) is 7.73. The minimum Gasteiger partial charge on any atom is -0.497 e. The Balaban J connectivity index is 1.90. The van der Waals surface area contributed by atoms with Crippen LogP contribution >= 0.6 is 0 Å². The predicted molar refractivity (Wildman–Crippen MR) is 93.3 cm³/mol. The molecule has 0 saturated carbocycles. The molecule has 3 N–H and O–H groups in total. The highest BCUT2D eigenvalue weighted by Gasteiger charge is 2.16. The first-order chi connectivity index (χ1) is 11.2. The molecule has 120 valence electrons. The molecule has 0 aliphatic rings. The minimum atomic E-state index is 0.254. The predicted octanol–water partition coefficient (Wildman–Crippen LogP) is 3.47. The molecule has 0 aliphatic carbocycles. The number of hydrogen-bond donors (Lipinski definition) is 2. The summed E-state index contributed by atoms with van der Waals surface area (Å²) in [5, 5.41) is 1.17. The molecule has 0 amide bonds. The molecule has 1 aromatic heterocycles. The number of benzene rings is 2. The Kier molecular flexibility index (Phi) is 4.53. The Bertz CT molecular complexity index is 778. The molecule has 1 atom stereocenters. The van der Waals surface area contributed by atoms with Crippen molar-refractivity contribution in [2.45, 2.75) is 12.3 Å². The van der Waals surface area contributed by atoms with E-state index in [1.165, 1.54) is 16.5 Å². The Morgan fingerprint density at radius 2 is 1.70 bits per heavy atom. The lowest BCUT2D eigenvalue weighted by molar-refractivity contribution is 0.414. The summed E-state index contributed by atoms with van der Waals surface area (Å²) >= 11 is 0. The highest BCUT2D eigenvalue weighted by molar-refractivity contribution is 5.85. The maximum atomic E-state index is 6.06. The lowest BCUT2D eigenvalue weighted by atomic mass is 9.91. The molecule has 1 unspecified atom stereocenters. The second-order valence-corrected chi connectivity index (χ2v) is 5.64. The van der Waals surface area contributed by atoms with Crippen LogP contribution in [0.4, 0.5) is 0 Å². The van der Waals surface area contributed by atoms with Gasteiger partial charge in [-0.1, -0.05) is 12.1 Å². The number of rotatable bonds is 6. The van der Waals surface area contributed by atoms with E-state index in [0.717, 1.165) is 23.4 Å². The van der Waals surface area contributed by atoms with Gasteiger partial charge in [-0.25, -0.2) is 0 Å². The van der Waals surface area contributed by atoms with Gasteiger partial charge in [-0.15, -0.1) is 0 Å². The molecular weight excluding hydrogens is 288 g/mol. The number of aromatic amines is 1. The zero-order chi connectivity index (χ0) is 16.2. The minimum absolute atomic E-state index is 0.254. The van der Waals surface area contributed by atoms with E-state index in [1.54, 1.807) is 14.2 Å². The first-order valence-electron chi connectivity index (χ1n) is 7.73. The molecule has 1 heterocycles. The van der Waals surface area contributed by atoms with E-state index in [-0.39, 0.29) is 5.92 Å². The molecule has 3 rings (SSSR count). The van der Waals surface area contributed by atoms with E-state index >= 15 is 0 Å². The molecule has 0 radical (unpaired) electrons. The van der Waals surface area contributed by atoms with Crippen molar-refractivity contribution < 1.29 is 9.47 Å². The maximum absolute atomic E-state index is 6.06. The molecule has 0 spiro atoms. The van der Waals surface area contributed by atoms with E-state index in [9.17, 15) is 0 Å². The molecule has 0 saturated heterocycles. The van der Waals surface area contributed by atoms with E-state index in [1.807, 2.05) is 24.3 Å². The summed E-state index contributed by atoms with van der Waals surface area (Å²) in [6.07, 6.45) is 2.95. The fraction of sp³-hybridized carbons (Fsp3) is 0.263. The second kappa shape index (κ2) is 6.75. The van der Waals surface area contributed by atoms with Gasteiger partial charge in [0.25, 0.3) is 0 Å². The maximum Gasteiger partial charge on any atom is 0.119 e. The monoisotopic (exact) mass is 310 g/mol. The summed E-state index contributed by atoms with van der Waals surface area (Å²) in [4.78, 5) is 3.33. The summed E-state index contributed by atoms with van der Waals surface area (Å²) in [5.41, 5.74) is 9.65. The third-order valence-electron chi connectivity index (χ3n) is 4.29. The molecule has 0 bridgehead atoms. The SMILES string of the molecule is COc1ccc(CC(CN)c2c[nH]c3ccc(OC)cc23)cc1. The fourth-order valence-electron chi connectivity index (χ4n) is 2.95. The molecular formula is C19H22N2O2. The summed E-state index contributed by atoms with van der Waals surface area (Å²) in [6, 6.07) is 14.2. The van der Waals surface area contributed by atoms with E-state index < -0.39 is 0 Å². The van der Waals surface area contributed by atoms with Gasteiger partial charge in [0, 0.05) is 23.0 Å². The second-order valence-electron chi connectivity index (χ2n) is 5.64. The van der Waals surface area contributed by atoms with Gasteiger partial charge in [-0.2, -0.15) is 0 Å². The fourth-order valence-corrected chi connectivity index (χ4v) is 2.95. The van der Waals surface area contributed by atoms with Gasteiger partial charge in [-0.05, 0) is 54.4 Å². The van der Waals surface area contributed by atoms with Crippen LogP contribution in [-0.2, 0) is 6.42 Å². The molecule has 23 heavy (non-hydrogen) atoms. The standard InChI is InChI=1S/C19H22N2O2/c1-22-15-5-3-13(4-6-15)9-14(11-20)18-12-21-19-8-7-16(23-2)10-17(18)19/h3-8,10,12,14,21H,9,11,20H2,1-2H3. The first kappa shape index (κ1) is 15.4.